The van der Waals surface area contributed by atoms with E-state index < -0.39 is 5.97 Å². The monoisotopic (exact) mass is 206 g/mol. The standard InChI is InChI=1S/C13H18O2/c1-2-3-4-5-6-7-8-9-10-11-12-13(14)15/h2-6,11-12H2,1H3,(H,14,15). The van der Waals surface area contributed by atoms with E-state index in [9.17, 15) is 4.79 Å². The Morgan fingerprint density at radius 3 is 2.33 bits per heavy atom. The van der Waals surface area contributed by atoms with E-state index in [2.05, 4.69) is 30.6 Å². The lowest BCUT2D eigenvalue weighted by Gasteiger charge is -1.90. The Labute approximate surface area is 92.1 Å². The van der Waals surface area contributed by atoms with E-state index in [1.807, 2.05) is 0 Å². The lowest BCUT2D eigenvalue weighted by atomic mass is 10.2. The lowest BCUT2D eigenvalue weighted by molar-refractivity contribution is -0.136. The first-order valence-electron chi connectivity index (χ1n) is 5.45. The highest BCUT2D eigenvalue weighted by Gasteiger charge is 1.90. The molecule has 0 spiro atoms. The third-order valence-corrected chi connectivity index (χ3v) is 1.86. The molecule has 0 aromatic carbocycles. The van der Waals surface area contributed by atoms with Crippen LogP contribution in [-0.2, 0) is 4.79 Å². The second kappa shape index (κ2) is 10.7. The van der Waals surface area contributed by atoms with Crippen LogP contribution >= 0.6 is 0 Å². The van der Waals surface area contributed by atoms with Crippen molar-refractivity contribution in [1.82, 2.24) is 0 Å². The molecule has 0 saturated heterocycles. The van der Waals surface area contributed by atoms with Gasteiger partial charge in [0.05, 0.1) is 6.42 Å². The van der Waals surface area contributed by atoms with Gasteiger partial charge in [0.15, 0.2) is 0 Å². The summed E-state index contributed by atoms with van der Waals surface area (Å²) in [7, 11) is 0. The van der Waals surface area contributed by atoms with Crippen molar-refractivity contribution >= 4 is 5.97 Å². The Morgan fingerprint density at radius 2 is 1.73 bits per heavy atom. The van der Waals surface area contributed by atoms with Gasteiger partial charge in [0.25, 0.3) is 0 Å². The number of hydrogen-bond donors (Lipinski definition) is 1. The van der Waals surface area contributed by atoms with Crippen molar-refractivity contribution in [3.63, 3.8) is 0 Å². The Hall–Kier alpha value is -1.41. The second-order valence-corrected chi connectivity index (χ2v) is 3.31. The largest absolute Gasteiger partial charge is 0.481 e. The van der Waals surface area contributed by atoms with Crippen LogP contribution < -0.4 is 0 Å². The predicted molar refractivity (Wildman–Crippen MR) is 61.2 cm³/mol. The fraction of sp³-hybridized carbons (Fsp3) is 0.615. The fourth-order valence-electron chi connectivity index (χ4n) is 1.02. The molecule has 0 atom stereocenters. The number of aliphatic carboxylic acids is 1. The van der Waals surface area contributed by atoms with E-state index in [4.69, 9.17) is 5.11 Å². The highest BCUT2D eigenvalue weighted by molar-refractivity contribution is 5.67. The molecule has 2 heteroatoms. The van der Waals surface area contributed by atoms with Crippen LogP contribution in [0.25, 0.3) is 0 Å². The Kier molecular flexibility index (Phi) is 9.67. The number of rotatable bonds is 6. The second-order valence-electron chi connectivity index (χ2n) is 3.31. The van der Waals surface area contributed by atoms with E-state index in [0.717, 1.165) is 12.8 Å². The topological polar surface area (TPSA) is 37.3 Å². The maximum absolute atomic E-state index is 10.1. The lowest BCUT2D eigenvalue weighted by Crippen LogP contribution is -1.91. The summed E-state index contributed by atoms with van der Waals surface area (Å²) < 4.78 is 0. The molecule has 0 unspecified atom stereocenters. The van der Waals surface area contributed by atoms with Gasteiger partial charge in [-0.3, -0.25) is 4.79 Å². The van der Waals surface area contributed by atoms with Crippen molar-refractivity contribution in [2.45, 2.75) is 51.9 Å². The van der Waals surface area contributed by atoms with Gasteiger partial charge in [-0.05, 0) is 18.3 Å². The highest BCUT2D eigenvalue weighted by Crippen LogP contribution is 2.00. The zero-order chi connectivity index (χ0) is 11.4. The highest BCUT2D eigenvalue weighted by atomic mass is 16.4. The summed E-state index contributed by atoms with van der Waals surface area (Å²) in [5, 5.41) is 8.33. The molecule has 0 aliphatic carbocycles. The van der Waals surface area contributed by atoms with Crippen LogP contribution in [0.5, 0.6) is 0 Å². The molecule has 0 aromatic rings. The van der Waals surface area contributed by atoms with E-state index >= 15 is 0 Å². The molecule has 0 heterocycles. The number of carbonyl (C=O) groups is 1. The van der Waals surface area contributed by atoms with Crippen LogP contribution in [0.1, 0.15) is 51.9 Å². The van der Waals surface area contributed by atoms with Gasteiger partial charge in [-0.25, -0.2) is 0 Å². The normalized spacial score (nSPS) is 8.33. The Balaban J connectivity index is 3.40. The quantitative estimate of drug-likeness (QED) is 0.536. The van der Waals surface area contributed by atoms with Crippen LogP contribution in [-0.4, -0.2) is 11.1 Å². The van der Waals surface area contributed by atoms with Gasteiger partial charge < -0.3 is 5.11 Å². The zero-order valence-corrected chi connectivity index (χ0v) is 9.31. The molecule has 0 aromatic heterocycles. The minimum atomic E-state index is -0.808. The van der Waals surface area contributed by atoms with Crippen molar-refractivity contribution in [2.24, 2.45) is 0 Å². The molecule has 0 aliphatic heterocycles. The van der Waals surface area contributed by atoms with Crippen molar-refractivity contribution in [1.29, 1.82) is 0 Å². The van der Waals surface area contributed by atoms with Gasteiger partial charge >= 0.3 is 5.97 Å². The third-order valence-electron chi connectivity index (χ3n) is 1.86. The van der Waals surface area contributed by atoms with Crippen LogP contribution in [0.3, 0.4) is 0 Å². The van der Waals surface area contributed by atoms with E-state index in [1.54, 1.807) is 0 Å². The van der Waals surface area contributed by atoms with Gasteiger partial charge in [0.2, 0.25) is 0 Å². The summed E-state index contributed by atoms with van der Waals surface area (Å²) in [4.78, 5) is 10.1. The first-order valence-corrected chi connectivity index (χ1v) is 5.45. The molecular weight excluding hydrogens is 188 g/mol. The number of hydrogen-bond acceptors (Lipinski definition) is 1. The summed E-state index contributed by atoms with van der Waals surface area (Å²) in [6, 6.07) is 0. The molecule has 0 fully saturated rings. The van der Waals surface area contributed by atoms with Crippen LogP contribution in [0.2, 0.25) is 0 Å². The van der Waals surface area contributed by atoms with Crippen molar-refractivity contribution in [3.8, 4) is 23.7 Å². The van der Waals surface area contributed by atoms with Gasteiger partial charge in [-0.2, -0.15) is 0 Å². The summed E-state index contributed by atoms with van der Waals surface area (Å²) >= 11 is 0. The van der Waals surface area contributed by atoms with Crippen molar-refractivity contribution in [3.05, 3.63) is 0 Å². The first kappa shape index (κ1) is 13.6. The smallest absolute Gasteiger partial charge is 0.304 e. The summed E-state index contributed by atoms with van der Waals surface area (Å²) in [5.41, 5.74) is 0. The van der Waals surface area contributed by atoms with Crippen molar-refractivity contribution < 1.29 is 9.90 Å². The minimum Gasteiger partial charge on any atom is -0.481 e. The molecule has 0 radical (unpaired) electrons. The van der Waals surface area contributed by atoms with Crippen LogP contribution in [0, 0.1) is 23.7 Å². The molecule has 0 aliphatic rings. The first-order chi connectivity index (χ1) is 7.27. The fourth-order valence-corrected chi connectivity index (χ4v) is 1.02. The third kappa shape index (κ3) is 12.6. The minimum absolute atomic E-state index is 0.102. The predicted octanol–water partition coefficient (Wildman–Crippen LogP) is 2.83. The van der Waals surface area contributed by atoms with Gasteiger partial charge in [0.1, 0.15) is 0 Å². The number of carboxylic acids is 1. The summed E-state index contributed by atoms with van der Waals surface area (Å²) in [5.74, 6) is 10.3. The van der Waals surface area contributed by atoms with Gasteiger partial charge in [-0.1, -0.05) is 38.0 Å². The average molecular weight is 206 g/mol. The van der Waals surface area contributed by atoms with Crippen LogP contribution in [0.4, 0.5) is 0 Å². The molecule has 2 nitrogen and oxygen atoms in total. The van der Waals surface area contributed by atoms with E-state index in [0.29, 0.717) is 6.42 Å². The Morgan fingerprint density at radius 1 is 1.07 bits per heavy atom. The van der Waals surface area contributed by atoms with E-state index in [-0.39, 0.29) is 6.42 Å². The molecule has 0 bridgehead atoms. The molecule has 82 valence electrons. The van der Waals surface area contributed by atoms with Gasteiger partial charge in [-0.15, -0.1) is 0 Å². The molecule has 15 heavy (non-hydrogen) atoms. The Bertz CT molecular complexity index is 283. The van der Waals surface area contributed by atoms with Gasteiger partial charge in [0, 0.05) is 12.8 Å². The van der Waals surface area contributed by atoms with Crippen molar-refractivity contribution in [2.75, 3.05) is 0 Å². The van der Waals surface area contributed by atoms with Crippen LogP contribution in [0.15, 0.2) is 0 Å². The maximum Gasteiger partial charge on any atom is 0.304 e. The SMILES string of the molecule is CCCCCCC#CC#CCCC(=O)O. The number of unbranched alkanes of at least 4 members (excludes halogenated alkanes) is 4. The van der Waals surface area contributed by atoms with E-state index in [1.165, 1.54) is 19.3 Å². The zero-order valence-electron chi connectivity index (χ0n) is 9.31. The summed E-state index contributed by atoms with van der Waals surface area (Å²) in [6.45, 7) is 2.18. The average Bonchev–Trinajstić information content (AvgIpc) is 2.20. The molecule has 0 amide bonds. The molecule has 0 rings (SSSR count). The molecular formula is C13H18O2. The maximum atomic E-state index is 10.1. The molecule has 0 saturated carbocycles. The summed E-state index contributed by atoms with van der Waals surface area (Å²) in [6.07, 6.45) is 6.27. The molecule has 1 N–H and O–H groups in total. The number of carboxylic acid groups (broad SMARTS) is 1.